The van der Waals surface area contributed by atoms with Gasteiger partial charge in [-0.25, -0.2) is 4.79 Å². The predicted molar refractivity (Wildman–Crippen MR) is 136 cm³/mol. The van der Waals surface area contributed by atoms with E-state index in [1.165, 1.54) is 19.1 Å². The van der Waals surface area contributed by atoms with Crippen molar-refractivity contribution in [3.05, 3.63) is 95.0 Å². The Morgan fingerprint density at radius 1 is 0.973 bits per heavy atom. The number of phenolic OH excluding ortho intramolecular Hbond substituents is 1. The van der Waals surface area contributed by atoms with Crippen LogP contribution in [0.3, 0.4) is 0 Å². The highest BCUT2D eigenvalue weighted by Crippen LogP contribution is 2.44. The van der Waals surface area contributed by atoms with Gasteiger partial charge in [-0.05, 0) is 46.9 Å². The summed E-state index contributed by atoms with van der Waals surface area (Å²) < 4.78 is 5.58. The van der Waals surface area contributed by atoms with Gasteiger partial charge in [-0.2, -0.15) is 4.79 Å². The Hall–Kier alpha value is -4.75. The number of nitrogens with one attached hydrogen (secondary N) is 2. The number of fused-ring (bicyclic) bond motifs is 3. The molecule has 0 radical (unpaired) electrons. The van der Waals surface area contributed by atoms with Gasteiger partial charge >= 0.3 is 12.3 Å². The second-order valence-electron chi connectivity index (χ2n) is 8.77. The molecule has 0 bridgehead atoms. The minimum atomic E-state index is -1.07. The number of nitrogens with zero attached hydrogens (tertiary/aromatic N) is 2. The Bertz CT molecular complexity index is 1320. The molecule has 1 aliphatic carbocycles. The topological polar surface area (TPSA) is 141 Å². The highest BCUT2D eigenvalue weighted by Gasteiger charge is 2.30. The minimum absolute atomic E-state index is 0.0664. The lowest BCUT2D eigenvalue weighted by Gasteiger charge is -2.21. The van der Waals surface area contributed by atoms with Crippen molar-refractivity contribution >= 4 is 24.0 Å². The normalized spacial score (nSPS) is 13.3. The average molecular weight is 499 g/mol. The summed E-state index contributed by atoms with van der Waals surface area (Å²) in [6.07, 6.45) is 0.00111. The molecule has 1 aliphatic rings. The van der Waals surface area contributed by atoms with E-state index in [1.54, 1.807) is 12.1 Å². The number of hydrogen-bond acceptors (Lipinski definition) is 5. The van der Waals surface area contributed by atoms with E-state index >= 15 is 0 Å². The number of hydrogen-bond donors (Lipinski definition) is 3. The molecule has 37 heavy (non-hydrogen) atoms. The number of benzene rings is 3. The van der Waals surface area contributed by atoms with E-state index in [0.29, 0.717) is 11.8 Å². The van der Waals surface area contributed by atoms with Crippen LogP contribution in [0, 0.1) is 0 Å². The van der Waals surface area contributed by atoms with Crippen LogP contribution in [0.15, 0.2) is 72.8 Å². The molecule has 9 heteroatoms. The summed E-state index contributed by atoms with van der Waals surface area (Å²) >= 11 is 0. The van der Waals surface area contributed by atoms with Gasteiger partial charge in [-0.15, -0.1) is 0 Å². The molecule has 4 rings (SSSR count). The molecular formula is C28H26N4O5. The van der Waals surface area contributed by atoms with Gasteiger partial charge < -0.3 is 26.0 Å². The number of phenols is 1. The molecule has 3 aromatic rings. The number of amides is 2. The van der Waals surface area contributed by atoms with E-state index in [4.69, 9.17) is 10.3 Å². The van der Waals surface area contributed by atoms with Crippen LogP contribution in [-0.2, 0) is 20.7 Å². The van der Waals surface area contributed by atoms with Gasteiger partial charge in [0.2, 0.25) is 5.91 Å². The molecule has 3 N–H and O–H groups in total. The molecule has 9 nitrogen and oxygen atoms in total. The third kappa shape index (κ3) is 5.91. The number of ketones is 1. The molecular weight excluding hydrogens is 472 g/mol. The Kier molecular flexibility index (Phi) is 7.76. The maximum atomic E-state index is 13.0. The van der Waals surface area contributed by atoms with Crippen molar-refractivity contribution in [1.29, 1.82) is 0 Å². The van der Waals surface area contributed by atoms with Gasteiger partial charge in [-0.1, -0.05) is 60.7 Å². The quantitative estimate of drug-likeness (QED) is 0.236. The summed E-state index contributed by atoms with van der Waals surface area (Å²) in [5, 5.41) is 14.7. The predicted octanol–water partition coefficient (Wildman–Crippen LogP) is 3.22. The second kappa shape index (κ2) is 11.3. The van der Waals surface area contributed by atoms with Gasteiger partial charge in [-0.3, -0.25) is 9.59 Å². The van der Waals surface area contributed by atoms with Crippen molar-refractivity contribution in [2.75, 3.05) is 6.61 Å². The molecule has 0 aliphatic heterocycles. The molecule has 0 saturated heterocycles. The molecule has 2 amide bonds. The van der Waals surface area contributed by atoms with E-state index in [9.17, 15) is 19.5 Å². The first-order valence-corrected chi connectivity index (χ1v) is 11.8. The second-order valence-corrected chi connectivity index (χ2v) is 8.77. The van der Waals surface area contributed by atoms with Crippen LogP contribution in [0.5, 0.6) is 5.75 Å². The monoisotopic (exact) mass is 498 g/mol. The van der Waals surface area contributed by atoms with Gasteiger partial charge in [0.15, 0.2) is 0 Å². The maximum absolute atomic E-state index is 13.0. The first-order chi connectivity index (χ1) is 17.9. The zero-order valence-electron chi connectivity index (χ0n) is 20.1. The third-order valence-corrected chi connectivity index (χ3v) is 6.30. The summed E-state index contributed by atoms with van der Waals surface area (Å²) in [6, 6.07) is 20.1. The van der Waals surface area contributed by atoms with Crippen LogP contribution in [0.4, 0.5) is 4.79 Å². The lowest BCUT2D eigenvalue weighted by molar-refractivity contribution is -0.127. The number of rotatable bonds is 9. The van der Waals surface area contributed by atoms with E-state index < -0.39 is 29.9 Å². The Balaban J connectivity index is 1.46. The highest BCUT2D eigenvalue weighted by atomic mass is 16.5. The molecule has 3 aromatic carbocycles. The van der Waals surface area contributed by atoms with Gasteiger partial charge in [0, 0.05) is 12.3 Å². The van der Waals surface area contributed by atoms with E-state index in [0.717, 1.165) is 22.3 Å². The number of alkyl carbamates (subject to hydrolysis) is 1. The number of carbonyl (C=O) groups excluding carboxylic acids is 3. The number of aromatic hydroxyl groups is 1. The molecule has 0 fully saturated rings. The zero-order chi connectivity index (χ0) is 26.4. The van der Waals surface area contributed by atoms with Crippen LogP contribution < -0.4 is 10.6 Å². The molecule has 0 heterocycles. The number of Topliss-reactive ketones (excluding diaryl/α,β-unsaturated/α-hetero) is 1. The molecule has 2 unspecified atom stereocenters. The largest absolute Gasteiger partial charge is 0.508 e. The summed E-state index contributed by atoms with van der Waals surface area (Å²) in [5.74, 6) is -1.30. The van der Waals surface area contributed by atoms with E-state index in [2.05, 4.69) is 15.4 Å². The fourth-order valence-corrected chi connectivity index (χ4v) is 4.41. The Labute approximate surface area is 213 Å². The van der Waals surface area contributed by atoms with Gasteiger partial charge in [0.25, 0.3) is 5.78 Å². The summed E-state index contributed by atoms with van der Waals surface area (Å²) in [6.45, 7) is 1.52. The smallest absolute Gasteiger partial charge is 0.407 e. The van der Waals surface area contributed by atoms with Crippen LogP contribution in [-0.4, -0.2) is 52.6 Å². The number of carbonyl (C=O) groups is 3. The molecule has 0 saturated carbocycles. The fourth-order valence-electron chi connectivity index (χ4n) is 4.41. The van der Waals surface area contributed by atoms with E-state index in [-0.39, 0.29) is 24.7 Å². The fraction of sp³-hybridized carbons (Fsp3) is 0.214. The lowest BCUT2D eigenvalue weighted by atomic mass is 9.98. The van der Waals surface area contributed by atoms with Crippen molar-refractivity contribution < 1.29 is 29.0 Å². The van der Waals surface area contributed by atoms with E-state index in [1.807, 2.05) is 48.5 Å². The molecule has 0 aromatic heterocycles. The van der Waals surface area contributed by atoms with Crippen LogP contribution in [0.25, 0.3) is 16.7 Å². The lowest BCUT2D eigenvalue weighted by Crippen LogP contribution is -2.52. The third-order valence-electron chi connectivity index (χ3n) is 6.30. The van der Waals surface area contributed by atoms with Gasteiger partial charge in [0.1, 0.15) is 18.4 Å². The standard InChI is InChI=1S/C28H26N4O5/c1-17(26(34)15-30-29)31-27(35)25(14-18-10-12-19(33)13-11-18)32-28(36)37-16-24-22-8-4-2-6-20(22)21-7-3-5-9-23(21)24/h2-13,15,17,24-25,33H,14,16H2,1H3,(H,31,35)(H,32,36). The van der Waals surface area contributed by atoms with Crippen molar-refractivity contribution in [3.8, 4) is 16.9 Å². The zero-order valence-corrected chi connectivity index (χ0v) is 20.1. The first kappa shape index (κ1) is 25.3. The summed E-state index contributed by atoms with van der Waals surface area (Å²) in [5.41, 5.74) is 13.6. The minimum Gasteiger partial charge on any atom is -0.508 e. The highest BCUT2D eigenvalue weighted by molar-refractivity contribution is 6.28. The molecule has 0 spiro atoms. The number of ether oxygens (including phenoxy) is 1. The Morgan fingerprint density at radius 3 is 2.16 bits per heavy atom. The first-order valence-electron chi connectivity index (χ1n) is 11.8. The van der Waals surface area contributed by atoms with Gasteiger partial charge in [0.05, 0.1) is 6.04 Å². The average Bonchev–Trinajstić information content (AvgIpc) is 3.22. The van der Waals surface area contributed by atoms with Crippen LogP contribution >= 0.6 is 0 Å². The SMILES string of the molecule is CC(NC(=O)C(Cc1ccc(O)cc1)NC(=O)OCC1c2ccccc2-c2ccccc21)C(=O)C=[N+]=[N-]. The summed E-state index contributed by atoms with van der Waals surface area (Å²) in [7, 11) is 0. The van der Waals surface area contributed by atoms with Crippen LogP contribution in [0.1, 0.15) is 29.5 Å². The van der Waals surface area contributed by atoms with Crippen molar-refractivity contribution in [3.63, 3.8) is 0 Å². The molecule has 188 valence electrons. The maximum Gasteiger partial charge on any atom is 0.407 e. The van der Waals surface area contributed by atoms with Crippen molar-refractivity contribution in [2.45, 2.75) is 31.3 Å². The van der Waals surface area contributed by atoms with Crippen LogP contribution in [0.2, 0.25) is 0 Å². The van der Waals surface area contributed by atoms with Crippen molar-refractivity contribution in [2.24, 2.45) is 0 Å². The molecule has 2 atom stereocenters. The Morgan fingerprint density at radius 2 is 1.57 bits per heavy atom. The van der Waals surface area contributed by atoms with Crippen molar-refractivity contribution in [1.82, 2.24) is 10.6 Å². The summed E-state index contributed by atoms with van der Waals surface area (Å²) in [4.78, 5) is 40.4.